The lowest BCUT2D eigenvalue weighted by Gasteiger charge is -2.16. The zero-order valence-electron chi connectivity index (χ0n) is 9.89. The number of carbonyl (C=O) groups is 1. The normalized spacial score (nSPS) is 12.9. The smallest absolute Gasteiger partial charge is 0.223 e. The summed E-state index contributed by atoms with van der Waals surface area (Å²) in [6.45, 7) is 9.93. The molecule has 0 unspecified atom stereocenters. The fourth-order valence-electron chi connectivity index (χ4n) is 1.48. The van der Waals surface area contributed by atoms with Gasteiger partial charge >= 0.3 is 0 Å². The molecule has 3 heteroatoms. The summed E-state index contributed by atoms with van der Waals surface area (Å²) in [5.74, 6) is 0.378. The fourth-order valence-corrected chi connectivity index (χ4v) is 1.48. The summed E-state index contributed by atoms with van der Waals surface area (Å²) in [6.07, 6.45) is 1.86. The summed E-state index contributed by atoms with van der Waals surface area (Å²) in [7, 11) is 0. The van der Waals surface area contributed by atoms with Gasteiger partial charge in [0.15, 0.2) is 0 Å². The Balaban J connectivity index is 3.71. The van der Waals surface area contributed by atoms with Crippen LogP contribution in [0.25, 0.3) is 0 Å². The van der Waals surface area contributed by atoms with Crippen molar-refractivity contribution in [3.05, 3.63) is 0 Å². The number of rotatable bonds is 7. The fraction of sp³-hybridized carbons (Fsp3) is 0.909. The third-order valence-corrected chi connectivity index (χ3v) is 2.49. The molecule has 14 heavy (non-hydrogen) atoms. The van der Waals surface area contributed by atoms with E-state index in [1.807, 2.05) is 0 Å². The van der Waals surface area contributed by atoms with Gasteiger partial charge in [-0.15, -0.1) is 0 Å². The number of likely N-dealkylation sites (N-methyl/N-ethyl adjacent to an activating group) is 1. The molecule has 0 aromatic rings. The Labute approximate surface area is 87.6 Å². The predicted molar refractivity (Wildman–Crippen MR) is 60.2 cm³/mol. The van der Waals surface area contributed by atoms with Gasteiger partial charge < -0.3 is 10.6 Å². The van der Waals surface area contributed by atoms with E-state index in [1.54, 1.807) is 0 Å². The summed E-state index contributed by atoms with van der Waals surface area (Å²) in [5.41, 5.74) is 0. The van der Waals surface area contributed by atoms with Gasteiger partial charge in [0.25, 0.3) is 0 Å². The second kappa shape index (κ2) is 7.80. The molecular formula is C11H24N2O. The number of amides is 1. The minimum absolute atomic E-state index is 0.184. The predicted octanol–water partition coefficient (Wildman–Crippen LogP) is 1.54. The van der Waals surface area contributed by atoms with Crippen molar-refractivity contribution in [2.75, 3.05) is 13.1 Å². The van der Waals surface area contributed by atoms with E-state index in [-0.39, 0.29) is 11.8 Å². The van der Waals surface area contributed by atoms with Crippen molar-refractivity contribution in [2.24, 2.45) is 5.92 Å². The van der Waals surface area contributed by atoms with Crippen LogP contribution in [0.5, 0.6) is 0 Å². The van der Waals surface area contributed by atoms with Crippen LogP contribution in [-0.4, -0.2) is 25.0 Å². The Hall–Kier alpha value is -0.570. The molecule has 0 saturated carbocycles. The zero-order valence-corrected chi connectivity index (χ0v) is 9.89. The molecule has 2 N–H and O–H groups in total. The largest absolute Gasteiger partial charge is 0.354 e. The second-order valence-electron chi connectivity index (χ2n) is 3.72. The van der Waals surface area contributed by atoms with Gasteiger partial charge in [-0.1, -0.05) is 20.8 Å². The van der Waals surface area contributed by atoms with E-state index in [4.69, 9.17) is 0 Å². The Morgan fingerprint density at radius 2 is 1.79 bits per heavy atom. The first-order valence-electron chi connectivity index (χ1n) is 5.66. The molecule has 0 aromatic heterocycles. The maximum atomic E-state index is 11.6. The molecular weight excluding hydrogens is 176 g/mol. The summed E-state index contributed by atoms with van der Waals surface area (Å²) < 4.78 is 0. The van der Waals surface area contributed by atoms with Crippen molar-refractivity contribution in [3.8, 4) is 0 Å². The third kappa shape index (κ3) is 5.22. The molecule has 0 rings (SSSR count). The van der Waals surface area contributed by atoms with Gasteiger partial charge in [-0.2, -0.15) is 0 Å². The van der Waals surface area contributed by atoms with Gasteiger partial charge in [0, 0.05) is 18.5 Å². The van der Waals surface area contributed by atoms with Crippen LogP contribution in [0.2, 0.25) is 0 Å². The van der Waals surface area contributed by atoms with Crippen molar-refractivity contribution >= 4 is 5.91 Å². The molecule has 0 aliphatic carbocycles. The van der Waals surface area contributed by atoms with Crippen molar-refractivity contribution in [3.63, 3.8) is 0 Å². The topological polar surface area (TPSA) is 41.1 Å². The Morgan fingerprint density at radius 3 is 2.21 bits per heavy atom. The summed E-state index contributed by atoms with van der Waals surface area (Å²) >= 11 is 0. The molecule has 0 bridgehead atoms. The highest BCUT2D eigenvalue weighted by atomic mass is 16.1. The highest BCUT2D eigenvalue weighted by molar-refractivity contribution is 5.78. The van der Waals surface area contributed by atoms with E-state index in [2.05, 4.69) is 38.3 Å². The molecule has 0 aliphatic rings. The van der Waals surface area contributed by atoms with Crippen molar-refractivity contribution in [2.45, 2.75) is 46.6 Å². The van der Waals surface area contributed by atoms with E-state index < -0.39 is 0 Å². The van der Waals surface area contributed by atoms with Crippen LogP contribution in [0.3, 0.4) is 0 Å². The summed E-state index contributed by atoms with van der Waals surface area (Å²) in [6, 6.07) is 0.360. The van der Waals surface area contributed by atoms with Crippen LogP contribution in [0.1, 0.15) is 40.5 Å². The van der Waals surface area contributed by atoms with Crippen molar-refractivity contribution in [1.29, 1.82) is 0 Å². The van der Waals surface area contributed by atoms with Crippen molar-refractivity contribution < 1.29 is 4.79 Å². The van der Waals surface area contributed by atoms with E-state index in [0.29, 0.717) is 6.04 Å². The lowest BCUT2D eigenvalue weighted by Crippen LogP contribution is -2.40. The Kier molecular flexibility index (Phi) is 7.48. The third-order valence-electron chi connectivity index (χ3n) is 2.49. The Morgan fingerprint density at radius 1 is 1.21 bits per heavy atom. The minimum Gasteiger partial charge on any atom is -0.354 e. The first-order chi connectivity index (χ1) is 6.65. The molecule has 0 saturated heterocycles. The number of hydrogen-bond donors (Lipinski definition) is 2. The van der Waals surface area contributed by atoms with E-state index in [9.17, 15) is 4.79 Å². The number of nitrogens with one attached hydrogen (secondary N) is 2. The Bertz CT molecular complexity index is 155. The van der Waals surface area contributed by atoms with Crippen molar-refractivity contribution in [1.82, 2.24) is 10.6 Å². The molecule has 1 amide bonds. The van der Waals surface area contributed by atoms with Gasteiger partial charge in [-0.3, -0.25) is 4.79 Å². The molecule has 84 valence electrons. The van der Waals surface area contributed by atoms with Gasteiger partial charge in [-0.25, -0.2) is 0 Å². The minimum atomic E-state index is 0.184. The molecule has 0 spiro atoms. The molecule has 0 radical (unpaired) electrons. The quantitative estimate of drug-likeness (QED) is 0.654. The van der Waals surface area contributed by atoms with E-state index in [0.717, 1.165) is 25.9 Å². The van der Waals surface area contributed by atoms with Crippen LogP contribution in [0.4, 0.5) is 0 Å². The molecule has 3 nitrogen and oxygen atoms in total. The van der Waals surface area contributed by atoms with Crippen LogP contribution < -0.4 is 10.6 Å². The van der Waals surface area contributed by atoms with Crippen LogP contribution in [0.15, 0.2) is 0 Å². The molecule has 0 heterocycles. The molecule has 0 aromatic carbocycles. The molecule has 1 atom stereocenters. The maximum Gasteiger partial charge on any atom is 0.223 e. The summed E-state index contributed by atoms with van der Waals surface area (Å²) in [5, 5.41) is 6.23. The number of carbonyl (C=O) groups excluding carboxylic acids is 1. The standard InChI is InChI=1S/C11H24N2O/c1-5-10(6-2)11(14)13-8-9(4)12-7-3/h9-10,12H,5-8H2,1-4H3,(H,13,14)/t9-/m1/s1. The van der Waals surface area contributed by atoms with Gasteiger partial charge in [0.05, 0.1) is 0 Å². The zero-order chi connectivity index (χ0) is 11.0. The average molecular weight is 200 g/mol. The number of hydrogen-bond acceptors (Lipinski definition) is 2. The van der Waals surface area contributed by atoms with Crippen LogP contribution in [0, 0.1) is 5.92 Å². The van der Waals surface area contributed by atoms with Gasteiger partial charge in [0.2, 0.25) is 5.91 Å². The lowest BCUT2D eigenvalue weighted by atomic mass is 10.0. The van der Waals surface area contributed by atoms with E-state index >= 15 is 0 Å². The van der Waals surface area contributed by atoms with Gasteiger partial charge in [-0.05, 0) is 26.3 Å². The molecule has 0 fully saturated rings. The van der Waals surface area contributed by atoms with Gasteiger partial charge in [0.1, 0.15) is 0 Å². The first-order valence-corrected chi connectivity index (χ1v) is 5.66. The molecule has 0 aliphatic heterocycles. The highest BCUT2D eigenvalue weighted by Gasteiger charge is 2.13. The summed E-state index contributed by atoms with van der Waals surface area (Å²) in [4.78, 5) is 11.6. The van der Waals surface area contributed by atoms with Crippen LogP contribution in [-0.2, 0) is 4.79 Å². The first kappa shape index (κ1) is 13.4. The second-order valence-corrected chi connectivity index (χ2v) is 3.72. The maximum absolute atomic E-state index is 11.6. The van der Waals surface area contributed by atoms with E-state index in [1.165, 1.54) is 0 Å². The lowest BCUT2D eigenvalue weighted by molar-refractivity contribution is -0.125. The van der Waals surface area contributed by atoms with Crippen LogP contribution >= 0.6 is 0 Å². The average Bonchev–Trinajstić information content (AvgIpc) is 2.17. The highest BCUT2D eigenvalue weighted by Crippen LogP contribution is 2.06. The SMILES string of the molecule is CCN[C@H](C)CNC(=O)C(CC)CC. The monoisotopic (exact) mass is 200 g/mol.